The molecule has 2 fully saturated rings. The lowest BCUT2D eigenvalue weighted by molar-refractivity contribution is -0.133. The Morgan fingerprint density at radius 2 is 1.81 bits per heavy atom. The van der Waals surface area contributed by atoms with Crippen LogP contribution in [-0.4, -0.2) is 65.0 Å². The van der Waals surface area contributed by atoms with Gasteiger partial charge < -0.3 is 10.0 Å². The fraction of sp³-hybridized carbons (Fsp3) is 0.643. The van der Waals surface area contributed by atoms with E-state index < -0.39 is 17.9 Å². The molecule has 0 saturated carbocycles. The number of imide groups is 1. The van der Waals surface area contributed by atoms with Crippen molar-refractivity contribution in [2.45, 2.75) is 32.7 Å². The summed E-state index contributed by atoms with van der Waals surface area (Å²) in [4.78, 5) is 38.8. The minimum Gasteiger partial charge on any atom is -0.478 e. The fourth-order valence-corrected chi connectivity index (χ4v) is 2.78. The van der Waals surface area contributed by atoms with Crippen molar-refractivity contribution in [3.05, 3.63) is 11.1 Å². The summed E-state index contributed by atoms with van der Waals surface area (Å²) in [5.41, 5.74) is -0.00346. The first kappa shape index (κ1) is 15.5. The van der Waals surface area contributed by atoms with Crippen molar-refractivity contribution < 1.29 is 19.5 Å². The first-order valence-electron chi connectivity index (χ1n) is 7.15. The van der Waals surface area contributed by atoms with E-state index in [0.717, 1.165) is 25.9 Å². The Balaban J connectivity index is 1.94. The van der Waals surface area contributed by atoms with Gasteiger partial charge in [-0.3, -0.25) is 15.0 Å². The number of rotatable bonds is 2. The standard InChI is InChI=1S/C14H21N3O4/c1-9(10(2)13(19)20)12(18)15-14(21)17-7-6-16-5-3-4-11(16)8-17/h11H,3-8H2,1-2H3,(H,19,20)(H,15,18,21). The number of piperazine rings is 1. The van der Waals surface area contributed by atoms with E-state index in [9.17, 15) is 14.4 Å². The summed E-state index contributed by atoms with van der Waals surface area (Å²) in [7, 11) is 0. The lowest BCUT2D eigenvalue weighted by Gasteiger charge is -2.37. The highest BCUT2D eigenvalue weighted by Gasteiger charge is 2.33. The molecule has 1 atom stereocenters. The van der Waals surface area contributed by atoms with E-state index >= 15 is 0 Å². The third-order valence-corrected chi connectivity index (χ3v) is 4.32. The summed E-state index contributed by atoms with van der Waals surface area (Å²) < 4.78 is 0. The van der Waals surface area contributed by atoms with Crippen LogP contribution in [0.4, 0.5) is 4.79 Å². The zero-order chi connectivity index (χ0) is 15.6. The number of urea groups is 1. The molecule has 21 heavy (non-hydrogen) atoms. The molecule has 2 saturated heterocycles. The van der Waals surface area contributed by atoms with E-state index in [1.807, 2.05) is 0 Å². The number of hydrogen-bond donors (Lipinski definition) is 2. The molecule has 2 heterocycles. The predicted octanol–water partition coefficient (Wildman–Crippen LogP) is 0.424. The third kappa shape index (κ3) is 3.41. The van der Waals surface area contributed by atoms with Crippen LogP contribution in [0.3, 0.4) is 0 Å². The maximum atomic E-state index is 12.1. The number of fused-ring (bicyclic) bond motifs is 1. The summed E-state index contributed by atoms with van der Waals surface area (Å²) in [6.07, 6.45) is 2.23. The minimum atomic E-state index is -1.16. The number of carboxylic acid groups (broad SMARTS) is 1. The van der Waals surface area contributed by atoms with Crippen LogP contribution >= 0.6 is 0 Å². The van der Waals surface area contributed by atoms with Crippen LogP contribution in [0.2, 0.25) is 0 Å². The highest BCUT2D eigenvalue weighted by Crippen LogP contribution is 2.21. The smallest absolute Gasteiger partial charge is 0.331 e. The Kier molecular flexibility index (Phi) is 4.62. The van der Waals surface area contributed by atoms with Crippen LogP contribution in [0.25, 0.3) is 0 Å². The molecular weight excluding hydrogens is 274 g/mol. The van der Waals surface area contributed by atoms with Crippen LogP contribution in [0.5, 0.6) is 0 Å². The molecule has 7 heteroatoms. The number of hydrogen-bond acceptors (Lipinski definition) is 4. The second-order valence-electron chi connectivity index (χ2n) is 5.59. The van der Waals surface area contributed by atoms with Crippen molar-refractivity contribution in [3.8, 4) is 0 Å². The Bertz CT molecular complexity index is 500. The van der Waals surface area contributed by atoms with Gasteiger partial charge in [0, 0.05) is 36.8 Å². The third-order valence-electron chi connectivity index (χ3n) is 4.32. The average Bonchev–Trinajstić information content (AvgIpc) is 2.92. The Hall–Kier alpha value is -1.89. The van der Waals surface area contributed by atoms with E-state index in [1.165, 1.54) is 13.8 Å². The van der Waals surface area contributed by atoms with Crippen LogP contribution in [0.15, 0.2) is 11.1 Å². The first-order chi connectivity index (χ1) is 9.90. The summed E-state index contributed by atoms with van der Waals surface area (Å²) in [6.45, 7) is 5.88. The van der Waals surface area contributed by atoms with Gasteiger partial charge in [0.1, 0.15) is 0 Å². The number of nitrogens with one attached hydrogen (secondary N) is 1. The van der Waals surface area contributed by atoms with E-state index in [2.05, 4.69) is 10.2 Å². The highest BCUT2D eigenvalue weighted by atomic mass is 16.4. The van der Waals surface area contributed by atoms with E-state index in [-0.39, 0.29) is 11.1 Å². The Labute approximate surface area is 123 Å². The minimum absolute atomic E-state index is 0.0513. The monoisotopic (exact) mass is 295 g/mol. The van der Waals surface area contributed by atoms with Crippen molar-refractivity contribution in [2.75, 3.05) is 26.2 Å². The van der Waals surface area contributed by atoms with Crippen LogP contribution in [0.1, 0.15) is 26.7 Å². The molecule has 3 amide bonds. The molecule has 0 radical (unpaired) electrons. The molecule has 2 aliphatic rings. The molecule has 0 bridgehead atoms. The van der Waals surface area contributed by atoms with Crippen molar-refractivity contribution in [3.63, 3.8) is 0 Å². The molecule has 0 aromatic rings. The Morgan fingerprint density at radius 1 is 1.10 bits per heavy atom. The zero-order valence-corrected chi connectivity index (χ0v) is 12.4. The lowest BCUT2D eigenvalue weighted by atomic mass is 10.1. The number of carbonyl (C=O) groups is 3. The van der Waals surface area contributed by atoms with Gasteiger partial charge in [-0.1, -0.05) is 0 Å². The topological polar surface area (TPSA) is 89.9 Å². The molecule has 0 aliphatic carbocycles. The fourth-order valence-electron chi connectivity index (χ4n) is 2.78. The number of nitrogens with zero attached hydrogens (tertiary/aromatic N) is 2. The van der Waals surface area contributed by atoms with Crippen molar-refractivity contribution in [1.29, 1.82) is 0 Å². The summed E-state index contributed by atoms with van der Waals surface area (Å²) in [6, 6.07) is -0.0546. The molecule has 2 N–H and O–H groups in total. The second kappa shape index (κ2) is 6.26. The zero-order valence-electron chi connectivity index (χ0n) is 12.4. The molecule has 1 unspecified atom stereocenters. The van der Waals surface area contributed by atoms with Gasteiger partial charge >= 0.3 is 12.0 Å². The number of carbonyl (C=O) groups excluding carboxylic acids is 2. The average molecular weight is 295 g/mol. The van der Waals surface area contributed by atoms with Crippen LogP contribution in [-0.2, 0) is 9.59 Å². The maximum Gasteiger partial charge on any atom is 0.331 e. The molecule has 2 rings (SSSR count). The van der Waals surface area contributed by atoms with Gasteiger partial charge in [-0.15, -0.1) is 0 Å². The molecule has 116 valence electrons. The lowest BCUT2D eigenvalue weighted by Crippen LogP contribution is -2.55. The van der Waals surface area contributed by atoms with Gasteiger partial charge in [0.05, 0.1) is 0 Å². The predicted molar refractivity (Wildman–Crippen MR) is 75.7 cm³/mol. The molecule has 0 spiro atoms. The van der Waals surface area contributed by atoms with Crippen molar-refractivity contribution in [2.24, 2.45) is 0 Å². The normalized spacial score (nSPS) is 23.3. The first-order valence-corrected chi connectivity index (χ1v) is 7.15. The largest absolute Gasteiger partial charge is 0.478 e. The highest BCUT2D eigenvalue weighted by molar-refractivity contribution is 6.07. The Morgan fingerprint density at radius 3 is 2.48 bits per heavy atom. The SMILES string of the molecule is CC(C(=O)O)=C(C)C(=O)NC(=O)N1CCN2CCCC2C1. The maximum absolute atomic E-state index is 12.1. The number of carboxylic acids is 1. The molecular formula is C14H21N3O4. The quantitative estimate of drug-likeness (QED) is 0.721. The summed E-state index contributed by atoms with van der Waals surface area (Å²) >= 11 is 0. The van der Waals surface area contributed by atoms with Crippen LogP contribution in [0, 0.1) is 0 Å². The second-order valence-corrected chi connectivity index (χ2v) is 5.59. The molecule has 0 aromatic heterocycles. The van der Waals surface area contributed by atoms with Crippen molar-refractivity contribution in [1.82, 2.24) is 15.1 Å². The van der Waals surface area contributed by atoms with Gasteiger partial charge in [0.15, 0.2) is 0 Å². The van der Waals surface area contributed by atoms with E-state index in [1.54, 1.807) is 4.90 Å². The van der Waals surface area contributed by atoms with Gasteiger partial charge in [-0.05, 0) is 33.2 Å². The molecule has 0 aromatic carbocycles. The van der Waals surface area contributed by atoms with Gasteiger partial charge in [-0.25, -0.2) is 9.59 Å². The summed E-state index contributed by atoms with van der Waals surface area (Å²) in [5, 5.41) is 11.1. The van der Waals surface area contributed by atoms with Gasteiger partial charge in [0.2, 0.25) is 0 Å². The van der Waals surface area contributed by atoms with Gasteiger partial charge in [-0.2, -0.15) is 0 Å². The van der Waals surface area contributed by atoms with E-state index in [0.29, 0.717) is 19.1 Å². The van der Waals surface area contributed by atoms with Crippen molar-refractivity contribution >= 4 is 17.9 Å². The van der Waals surface area contributed by atoms with Crippen LogP contribution < -0.4 is 5.32 Å². The van der Waals surface area contributed by atoms with Gasteiger partial charge in [0.25, 0.3) is 5.91 Å². The molecule has 2 aliphatic heterocycles. The number of aliphatic carboxylic acids is 1. The molecule has 7 nitrogen and oxygen atoms in total. The summed E-state index contributed by atoms with van der Waals surface area (Å²) in [5.74, 6) is -1.80. The van der Waals surface area contributed by atoms with E-state index in [4.69, 9.17) is 5.11 Å². The number of amides is 3.